The van der Waals surface area contributed by atoms with Crippen LogP contribution in [0.5, 0.6) is 0 Å². The molecule has 86 valence electrons. The van der Waals surface area contributed by atoms with Gasteiger partial charge in [-0.05, 0) is 25.0 Å². The molecule has 5 heteroatoms. The number of oxazole rings is 1. The van der Waals surface area contributed by atoms with E-state index in [9.17, 15) is 0 Å². The molecule has 5 nitrogen and oxygen atoms in total. The molecule has 0 radical (unpaired) electrons. The van der Waals surface area contributed by atoms with Gasteiger partial charge in [-0.1, -0.05) is 0 Å². The molecule has 0 saturated carbocycles. The summed E-state index contributed by atoms with van der Waals surface area (Å²) >= 11 is 0. The van der Waals surface area contributed by atoms with Crippen molar-refractivity contribution in [3.05, 3.63) is 18.2 Å². The van der Waals surface area contributed by atoms with E-state index in [1.807, 2.05) is 6.07 Å². The number of benzene rings is 1. The minimum Gasteiger partial charge on any atom is -0.423 e. The monoisotopic (exact) mass is 221 g/mol. The molecule has 16 heavy (non-hydrogen) atoms. The van der Waals surface area contributed by atoms with Crippen molar-refractivity contribution in [1.82, 2.24) is 4.98 Å². The number of nitrogens with zero attached hydrogens (tertiary/aromatic N) is 1. The van der Waals surface area contributed by atoms with Crippen LogP contribution in [0, 0.1) is 0 Å². The minimum absolute atomic E-state index is 0.214. The van der Waals surface area contributed by atoms with E-state index in [1.54, 1.807) is 12.1 Å². The van der Waals surface area contributed by atoms with Gasteiger partial charge in [-0.25, -0.2) is 0 Å². The first-order chi connectivity index (χ1) is 7.79. The van der Waals surface area contributed by atoms with Crippen LogP contribution in [0.15, 0.2) is 22.6 Å². The summed E-state index contributed by atoms with van der Waals surface area (Å²) in [5, 5.41) is 11.7. The van der Waals surface area contributed by atoms with Gasteiger partial charge >= 0.3 is 0 Å². The highest BCUT2D eigenvalue weighted by molar-refractivity contribution is 5.77. The van der Waals surface area contributed by atoms with Crippen LogP contribution in [-0.4, -0.2) is 23.2 Å². The first kappa shape index (κ1) is 10.8. The third-order valence-corrected chi connectivity index (χ3v) is 2.27. The average molecular weight is 221 g/mol. The number of hydrogen-bond donors (Lipinski definition) is 3. The molecular weight excluding hydrogens is 206 g/mol. The lowest BCUT2D eigenvalue weighted by atomic mass is 10.3. The largest absolute Gasteiger partial charge is 0.423 e. The van der Waals surface area contributed by atoms with E-state index in [2.05, 4.69) is 10.3 Å². The molecule has 4 N–H and O–H groups in total. The number of nitrogen functional groups attached to an aromatic ring is 1. The molecule has 1 aromatic carbocycles. The highest BCUT2D eigenvalue weighted by atomic mass is 16.4. The van der Waals surface area contributed by atoms with Gasteiger partial charge in [0.2, 0.25) is 0 Å². The van der Waals surface area contributed by atoms with Gasteiger partial charge in [-0.15, -0.1) is 0 Å². The smallest absolute Gasteiger partial charge is 0.295 e. The lowest BCUT2D eigenvalue weighted by Crippen LogP contribution is -2.02. The van der Waals surface area contributed by atoms with Gasteiger partial charge in [-0.2, -0.15) is 4.98 Å². The Bertz CT molecular complexity index is 467. The second-order valence-electron chi connectivity index (χ2n) is 3.60. The maximum atomic E-state index is 8.63. The van der Waals surface area contributed by atoms with Crippen LogP contribution in [0.3, 0.4) is 0 Å². The zero-order valence-corrected chi connectivity index (χ0v) is 8.94. The molecule has 0 spiro atoms. The fraction of sp³-hybridized carbons (Fsp3) is 0.364. The Labute approximate surface area is 93.3 Å². The first-order valence-corrected chi connectivity index (χ1v) is 5.30. The summed E-state index contributed by atoms with van der Waals surface area (Å²) in [6.07, 6.45) is 1.66. The van der Waals surface area contributed by atoms with Crippen molar-refractivity contribution in [1.29, 1.82) is 0 Å². The van der Waals surface area contributed by atoms with Crippen molar-refractivity contribution in [2.24, 2.45) is 0 Å². The van der Waals surface area contributed by atoms with Crippen LogP contribution in [0.1, 0.15) is 12.8 Å². The van der Waals surface area contributed by atoms with Crippen molar-refractivity contribution in [2.75, 3.05) is 24.2 Å². The van der Waals surface area contributed by atoms with Crippen LogP contribution in [0.4, 0.5) is 11.7 Å². The maximum absolute atomic E-state index is 8.63. The first-order valence-electron chi connectivity index (χ1n) is 5.30. The van der Waals surface area contributed by atoms with E-state index < -0.39 is 0 Å². The van der Waals surface area contributed by atoms with Gasteiger partial charge < -0.3 is 20.6 Å². The van der Waals surface area contributed by atoms with Gasteiger partial charge in [0.1, 0.15) is 5.52 Å². The van der Waals surface area contributed by atoms with E-state index in [0.29, 0.717) is 17.3 Å². The van der Waals surface area contributed by atoms with Crippen molar-refractivity contribution in [3.8, 4) is 0 Å². The van der Waals surface area contributed by atoms with Crippen LogP contribution in [0.25, 0.3) is 11.1 Å². The Morgan fingerprint density at radius 1 is 1.38 bits per heavy atom. The van der Waals surface area contributed by atoms with Crippen LogP contribution >= 0.6 is 0 Å². The zero-order valence-electron chi connectivity index (χ0n) is 8.94. The number of fused-ring (bicyclic) bond motifs is 1. The third kappa shape index (κ3) is 2.43. The quantitative estimate of drug-likeness (QED) is 0.527. The average Bonchev–Trinajstić information content (AvgIpc) is 2.66. The van der Waals surface area contributed by atoms with Crippen molar-refractivity contribution in [3.63, 3.8) is 0 Å². The molecule has 0 fully saturated rings. The Kier molecular flexibility index (Phi) is 3.26. The number of anilines is 2. The Balaban J connectivity index is 2.02. The Morgan fingerprint density at radius 2 is 2.25 bits per heavy atom. The molecule has 0 unspecified atom stereocenters. The molecule has 0 bridgehead atoms. The number of nitrogens with two attached hydrogens (primary N) is 1. The SMILES string of the molecule is Nc1ccc2nc(NCCCCO)oc2c1. The van der Waals surface area contributed by atoms with Gasteiger partial charge in [0.05, 0.1) is 0 Å². The predicted molar refractivity (Wildman–Crippen MR) is 63.2 cm³/mol. The molecule has 0 aliphatic rings. The summed E-state index contributed by atoms with van der Waals surface area (Å²) in [7, 11) is 0. The molecular formula is C11H15N3O2. The predicted octanol–water partition coefficient (Wildman–Crippen LogP) is 1.59. The molecule has 0 saturated heterocycles. The fourth-order valence-electron chi connectivity index (χ4n) is 1.45. The summed E-state index contributed by atoms with van der Waals surface area (Å²) in [5.41, 5.74) is 7.77. The topological polar surface area (TPSA) is 84.3 Å². The van der Waals surface area contributed by atoms with Gasteiger partial charge in [-0.3, -0.25) is 0 Å². The van der Waals surface area contributed by atoms with E-state index in [4.69, 9.17) is 15.3 Å². The number of aromatic nitrogens is 1. The minimum atomic E-state index is 0.214. The lowest BCUT2D eigenvalue weighted by Gasteiger charge is -1.98. The van der Waals surface area contributed by atoms with Crippen LogP contribution in [-0.2, 0) is 0 Å². The number of rotatable bonds is 5. The number of aliphatic hydroxyl groups excluding tert-OH is 1. The summed E-state index contributed by atoms with van der Waals surface area (Å²) in [5.74, 6) is 0. The Morgan fingerprint density at radius 3 is 3.06 bits per heavy atom. The third-order valence-electron chi connectivity index (χ3n) is 2.27. The second kappa shape index (κ2) is 4.85. The molecule has 0 amide bonds. The summed E-state index contributed by atoms with van der Waals surface area (Å²) in [4.78, 5) is 4.26. The highest BCUT2D eigenvalue weighted by Crippen LogP contribution is 2.20. The summed E-state index contributed by atoms with van der Waals surface area (Å²) in [6, 6.07) is 5.87. The number of aliphatic hydroxyl groups is 1. The van der Waals surface area contributed by atoms with E-state index in [1.165, 1.54) is 0 Å². The van der Waals surface area contributed by atoms with Crippen molar-refractivity contribution >= 4 is 22.8 Å². The highest BCUT2D eigenvalue weighted by Gasteiger charge is 2.04. The number of unbranched alkanes of at least 4 members (excludes halogenated alkanes) is 1. The van der Waals surface area contributed by atoms with Crippen molar-refractivity contribution < 1.29 is 9.52 Å². The van der Waals surface area contributed by atoms with E-state index in [0.717, 1.165) is 24.9 Å². The lowest BCUT2D eigenvalue weighted by molar-refractivity contribution is 0.286. The van der Waals surface area contributed by atoms with Gasteiger partial charge in [0.25, 0.3) is 6.01 Å². The van der Waals surface area contributed by atoms with Crippen LogP contribution in [0.2, 0.25) is 0 Å². The van der Waals surface area contributed by atoms with Gasteiger partial charge in [0.15, 0.2) is 5.58 Å². The van der Waals surface area contributed by atoms with Gasteiger partial charge in [0, 0.05) is 24.9 Å². The maximum Gasteiger partial charge on any atom is 0.295 e. The van der Waals surface area contributed by atoms with Crippen molar-refractivity contribution in [2.45, 2.75) is 12.8 Å². The summed E-state index contributed by atoms with van der Waals surface area (Å²) in [6.45, 7) is 0.953. The number of nitrogens with one attached hydrogen (secondary N) is 1. The molecule has 1 heterocycles. The normalized spacial score (nSPS) is 10.8. The fourth-order valence-corrected chi connectivity index (χ4v) is 1.45. The molecule has 0 atom stereocenters. The Hall–Kier alpha value is -1.75. The standard InChI is InChI=1S/C11H15N3O2/c12-8-3-4-9-10(7-8)16-11(14-9)13-5-1-2-6-15/h3-4,7,15H,1-2,5-6,12H2,(H,13,14). The number of hydrogen-bond acceptors (Lipinski definition) is 5. The summed E-state index contributed by atoms with van der Waals surface area (Å²) < 4.78 is 5.46. The molecule has 2 aromatic rings. The molecule has 1 aromatic heterocycles. The zero-order chi connectivity index (χ0) is 11.4. The van der Waals surface area contributed by atoms with E-state index >= 15 is 0 Å². The molecule has 2 rings (SSSR count). The molecule has 0 aliphatic carbocycles. The van der Waals surface area contributed by atoms with Crippen LogP contribution < -0.4 is 11.1 Å². The second-order valence-corrected chi connectivity index (χ2v) is 3.60. The van der Waals surface area contributed by atoms with E-state index in [-0.39, 0.29) is 6.61 Å². The molecule has 0 aliphatic heterocycles.